The number of para-hydroxylation sites is 2. The number of hydrogen-bond donors (Lipinski definition) is 0. The van der Waals surface area contributed by atoms with Gasteiger partial charge in [0.1, 0.15) is 18.2 Å². The Balaban J connectivity index is 1.58. The molecule has 4 rings (SSSR count). The summed E-state index contributed by atoms with van der Waals surface area (Å²) in [5.74, 6) is 2.17. The van der Waals surface area contributed by atoms with E-state index in [1.807, 2.05) is 35.2 Å². The van der Waals surface area contributed by atoms with Gasteiger partial charge in [-0.05, 0) is 52.0 Å². The molecule has 1 atom stereocenters. The predicted molar refractivity (Wildman–Crippen MR) is 115 cm³/mol. The summed E-state index contributed by atoms with van der Waals surface area (Å²) in [6.45, 7) is 10.3. The Morgan fingerprint density at radius 2 is 1.83 bits per heavy atom. The van der Waals surface area contributed by atoms with E-state index < -0.39 is 0 Å². The number of carbonyl (C=O) groups is 1. The highest BCUT2D eigenvalue weighted by molar-refractivity contribution is 5.81. The Bertz CT molecular complexity index is 1010. The Hall–Kier alpha value is -2.82. The molecule has 5 nitrogen and oxygen atoms in total. The lowest BCUT2D eigenvalue weighted by Crippen LogP contribution is -2.42. The van der Waals surface area contributed by atoms with Gasteiger partial charge in [-0.2, -0.15) is 0 Å². The number of aromatic nitrogens is 2. The minimum atomic E-state index is -0.169. The van der Waals surface area contributed by atoms with Crippen molar-refractivity contribution in [3.8, 4) is 5.75 Å². The third-order valence-electron chi connectivity index (χ3n) is 5.59. The number of ether oxygens (including phenoxy) is 1. The molecule has 5 heteroatoms. The Morgan fingerprint density at radius 3 is 2.52 bits per heavy atom. The topological polar surface area (TPSA) is 47.4 Å². The number of carbonyl (C=O) groups excluding carboxylic acids is 1. The lowest BCUT2D eigenvalue weighted by atomic mass is 10.1. The Kier molecular flexibility index (Phi) is 5.07. The van der Waals surface area contributed by atoms with Crippen LogP contribution in [0.5, 0.6) is 5.75 Å². The molecule has 0 spiro atoms. The van der Waals surface area contributed by atoms with Crippen molar-refractivity contribution in [3.63, 3.8) is 0 Å². The van der Waals surface area contributed by atoms with Crippen LogP contribution in [0.2, 0.25) is 0 Å². The number of benzene rings is 2. The molecule has 0 saturated carbocycles. The SMILES string of the molecule is Cc1ccc(OCCn2c([C@@H]3CC(=O)N(C(C)(C)C)C3)nc3ccccc32)cc1. The van der Waals surface area contributed by atoms with E-state index >= 15 is 0 Å². The number of imidazole rings is 1. The number of nitrogens with zero attached hydrogens (tertiary/aromatic N) is 3. The summed E-state index contributed by atoms with van der Waals surface area (Å²) in [5, 5.41) is 0. The van der Waals surface area contributed by atoms with E-state index in [4.69, 9.17) is 9.72 Å². The molecule has 2 aromatic carbocycles. The zero-order valence-electron chi connectivity index (χ0n) is 17.7. The van der Waals surface area contributed by atoms with Crippen LogP contribution in [0.4, 0.5) is 0 Å². The fourth-order valence-electron chi connectivity index (χ4n) is 4.06. The predicted octanol–water partition coefficient (Wildman–Crippen LogP) is 4.54. The molecule has 1 aliphatic heterocycles. The quantitative estimate of drug-likeness (QED) is 0.642. The molecule has 0 unspecified atom stereocenters. The molecular formula is C24H29N3O2. The van der Waals surface area contributed by atoms with Crippen LogP contribution >= 0.6 is 0 Å². The molecule has 0 bridgehead atoms. The summed E-state index contributed by atoms with van der Waals surface area (Å²) in [6, 6.07) is 16.3. The van der Waals surface area contributed by atoms with Crippen molar-refractivity contribution in [1.82, 2.24) is 14.5 Å². The van der Waals surface area contributed by atoms with Crippen LogP contribution in [0.1, 0.15) is 44.5 Å². The summed E-state index contributed by atoms with van der Waals surface area (Å²) in [5.41, 5.74) is 3.11. The second-order valence-electron chi connectivity index (χ2n) is 8.85. The zero-order valence-corrected chi connectivity index (χ0v) is 17.7. The van der Waals surface area contributed by atoms with Crippen LogP contribution in [0.25, 0.3) is 11.0 Å². The molecule has 1 aliphatic rings. The van der Waals surface area contributed by atoms with Crippen LogP contribution in [-0.2, 0) is 11.3 Å². The fraction of sp³-hybridized carbons (Fsp3) is 0.417. The van der Waals surface area contributed by atoms with E-state index in [2.05, 4.69) is 50.5 Å². The third-order valence-corrected chi connectivity index (χ3v) is 5.59. The molecule has 1 fully saturated rings. The van der Waals surface area contributed by atoms with Gasteiger partial charge in [0.15, 0.2) is 0 Å². The van der Waals surface area contributed by atoms with Gasteiger partial charge in [-0.1, -0.05) is 29.8 Å². The maximum Gasteiger partial charge on any atom is 0.223 e. The molecule has 1 aromatic heterocycles. The number of amides is 1. The van der Waals surface area contributed by atoms with E-state index in [9.17, 15) is 4.79 Å². The summed E-state index contributed by atoms with van der Waals surface area (Å²) in [7, 11) is 0. The lowest BCUT2D eigenvalue weighted by Gasteiger charge is -2.32. The maximum absolute atomic E-state index is 12.6. The van der Waals surface area contributed by atoms with Crippen LogP contribution in [0.15, 0.2) is 48.5 Å². The minimum absolute atomic E-state index is 0.105. The largest absolute Gasteiger partial charge is 0.492 e. The minimum Gasteiger partial charge on any atom is -0.492 e. The number of likely N-dealkylation sites (tertiary alicyclic amines) is 1. The summed E-state index contributed by atoms with van der Waals surface area (Å²) in [4.78, 5) is 19.5. The van der Waals surface area contributed by atoms with Crippen molar-refractivity contribution in [1.29, 1.82) is 0 Å². The molecule has 1 amide bonds. The van der Waals surface area contributed by atoms with Crippen molar-refractivity contribution >= 4 is 16.9 Å². The van der Waals surface area contributed by atoms with Crippen LogP contribution in [0, 0.1) is 6.92 Å². The standard InChI is InChI=1S/C24H29N3O2/c1-17-9-11-19(12-10-17)29-14-13-26-21-8-6-5-7-20(21)25-23(26)18-15-22(28)27(16-18)24(2,3)4/h5-12,18H,13-16H2,1-4H3/t18-/m1/s1. The van der Waals surface area contributed by atoms with E-state index in [-0.39, 0.29) is 17.4 Å². The van der Waals surface area contributed by atoms with Crippen molar-refractivity contribution < 1.29 is 9.53 Å². The smallest absolute Gasteiger partial charge is 0.223 e. The van der Waals surface area contributed by atoms with Gasteiger partial charge in [0.05, 0.1) is 17.6 Å². The first kappa shape index (κ1) is 19.5. The monoisotopic (exact) mass is 391 g/mol. The number of rotatable bonds is 5. The molecule has 152 valence electrons. The van der Waals surface area contributed by atoms with Crippen molar-refractivity contribution in [2.45, 2.75) is 52.1 Å². The van der Waals surface area contributed by atoms with Crippen LogP contribution in [0.3, 0.4) is 0 Å². The van der Waals surface area contributed by atoms with Gasteiger partial charge in [0.2, 0.25) is 5.91 Å². The molecule has 29 heavy (non-hydrogen) atoms. The third kappa shape index (κ3) is 4.00. The van der Waals surface area contributed by atoms with Crippen molar-refractivity contribution in [2.24, 2.45) is 0 Å². The molecular weight excluding hydrogens is 362 g/mol. The number of aryl methyl sites for hydroxylation is 1. The second-order valence-corrected chi connectivity index (χ2v) is 8.85. The fourth-order valence-corrected chi connectivity index (χ4v) is 4.06. The summed E-state index contributed by atoms with van der Waals surface area (Å²) >= 11 is 0. The molecule has 2 heterocycles. The van der Waals surface area contributed by atoms with Gasteiger partial charge in [-0.15, -0.1) is 0 Å². The average molecular weight is 392 g/mol. The van der Waals surface area contributed by atoms with Gasteiger partial charge in [0, 0.05) is 24.4 Å². The normalized spacial score (nSPS) is 17.3. The van der Waals surface area contributed by atoms with E-state index in [1.165, 1.54) is 5.56 Å². The first-order valence-electron chi connectivity index (χ1n) is 10.3. The Morgan fingerprint density at radius 1 is 1.10 bits per heavy atom. The highest BCUT2D eigenvalue weighted by Gasteiger charge is 2.38. The van der Waals surface area contributed by atoms with E-state index in [1.54, 1.807) is 0 Å². The van der Waals surface area contributed by atoms with Gasteiger partial charge in [0.25, 0.3) is 0 Å². The number of hydrogen-bond acceptors (Lipinski definition) is 3. The van der Waals surface area contributed by atoms with Gasteiger partial charge in [-0.3, -0.25) is 4.79 Å². The van der Waals surface area contributed by atoms with Crippen molar-refractivity contribution in [2.75, 3.05) is 13.2 Å². The number of fused-ring (bicyclic) bond motifs is 1. The van der Waals surface area contributed by atoms with Gasteiger partial charge in [-0.25, -0.2) is 4.98 Å². The van der Waals surface area contributed by atoms with E-state index in [0.717, 1.165) is 22.6 Å². The zero-order chi connectivity index (χ0) is 20.6. The Labute approximate surface area is 172 Å². The molecule has 3 aromatic rings. The molecule has 0 aliphatic carbocycles. The highest BCUT2D eigenvalue weighted by atomic mass is 16.5. The molecule has 1 saturated heterocycles. The van der Waals surface area contributed by atoms with E-state index in [0.29, 0.717) is 26.1 Å². The first-order chi connectivity index (χ1) is 13.8. The average Bonchev–Trinajstić information content (AvgIpc) is 3.24. The maximum atomic E-state index is 12.6. The van der Waals surface area contributed by atoms with Crippen LogP contribution in [-0.4, -0.2) is 39.0 Å². The van der Waals surface area contributed by atoms with Gasteiger partial charge < -0.3 is 14.2 Å². The van der Waals surface area contributed by atoms with Crippen molar-refractivity contribution in [3.05, 3.63) is 59.9 Å². The lowest BCUT2D eigenvalue weighted by molar-refractivity contribution is -0.131. The first-order valence-corrected chi connectivity index (χ1v) is 10.3. The summed E-state index contributed by atoms with van der Waals surface area (Å²) < 4.78 is 8.20. The second kappa shape index (κ2) is 7.54. The van der Waals surface area contributed by atoms with Crippen LogP contribution < -0.4 is 4.74 Å². The summed E-state index contributed by atoms with van der Waals surface area (Å²) in [6.07, 6.45) is 0.513. The highest BCUT2D eigenvalue weighted by Crippen LogP contribution is 2.33. The van der Waals surface area contributed by atoms with Gasteiger partial charge >= 0.3 is 0 Å². The molecule has 0 N–H and O–H groups in total. The molecule has 0 radical (unpaired) electrons.